The van der Waals surface area contributed by atoms with Gasteiger partial charge in [-0.3, -0.25) is 0 Å². The molecule has 108 valence electrons. The van der Waals surface area contributed by atoms with Gasteiger partial charge in [-0.15, -0.1) is 0 Å². The standard InChI is InChI=1S/C12H18O7/c1-11(2)16-5-6(17-11)8-10(15-7(5)9(13)14)19-12(3,4)18-8/h5-8,10H,1-4H3,(H,13,14)/t5-,6+,7?,8-,10-/m1/s1. The third-order valence-corrected chi connectivity index (χ3v) is 3.40. The summed E-state index contributed by atoms with van der Waals surface area (Å²) in [5, 5.41) is 9.25. The van der Waals surface area contributed by atoms with Gasteiger partial charge in [0, 0.05) is 0 Å². The van der Waals surface area contributed by atoms with Gasteiger partial charge in [0.15, 0.2) is 24.0 Å². The van der Waals surface area contributed by atoms with E-state index in [9.17, 15) is 9.90 Å². The highest BCUT2D eigenvalue weighted by atomic mass is 16.9. The lowest BCUT2D eigenvalue weighted by molar-refractivity contribution is -0.237. The van der Waals surface area contributed by atoms with Gasteiger partial charge in [-0.1, -0.05) is 0 Å². The molecule has 0 aromatic heterocycles. The van der Waals surface area contributed by atoms with Gasteiger partial charge in [-0.2, -0.15) is 0 Å². The topological polar surface area (TPSA) is 83.5 Å². The fourth-order valence-electron chi connectivity index (χ4n) is 2.81. The molecule has 7 heteroatoms. The number of ether oxygens (including phenoxy) is 5. The molecule has 0 aromatic rings. The van der Waals surface area contributed by atoms with Crippen molar-refractivity contribution in [2.24, 2.45) is 0 Å². The average Bonchev–Trinajstić information content (AvgIpc) is 2.70. The van der Waals surface area contributed by atoms with Crippen molar-refractivity contribution < 1.29 is 33.6 Å². The van der Waals surface area contributed by atoms with E-state index in [1.807, 2.05) is 0 Å². The Balaban J connectivity index is 1.91. The van der Waals surface area contributed by atoms with Crippen molar-refractivity contribution in [3.8, 4) is 0 Å². The molecule has 0 amide bonds. The first-order valence-corrected chi connectivity index (χ1v) is 6.28. The number of carboxylic acid groups (broad SMARTS) is 1. The van der Waals surface area contributed by atoms with Gasteiger partial charge in [0.25, 0.3) is 0 Å². The highest BCUT2D eigenvalue weighted by Gasteiger charge is 2.62. The van der Waals surface area contributed by atoms with Crippen LogP contribution in [0, 0.1) is 0 Å². The van der Waals surface area contributed by atoms with E-state index in [0.29, 0.717) is 0 Å². The quantitative estimate of drug-likeness (QED) is 0.744. The Morgan fingerprint density at radius 2 is 1.42 bits per heavy atom. The molecule has 3 heterocycles. The maximum atomic E-state index is 11.3. The van der Waals surface area contributed by atoms with Crippen LogP contribution in [0.1, 0.15) is 27.7 Å². The summed E-state index contributed by atoms with van der Waals surface area (Å²) in [7, 11) is 0. The number of carbonyl (C=O) groups is 1. The second-order valence-electron chi connectivity index (χ2n) is 5.93. The molecular formula is C12H18O7. The van der Waals surface area contributed by atoms with Crippen LogP contribution in [-0.4, -0.2) is 53.4 Å². The Labute approximate surface area is 110 Å². The number of aliphatic carboxylic acids is 1. The van der Waals surface area contributed by atoms with Crippen LogP contribution in [0.2, 0.25) is 0 Å². The summed E-state index contributed by atoms with van der Waals surface area (Å²) >= 11 is 0. The predicted molar refractivity (Wildman–Crippen MR) is 60.2 cm³/mol. The van der Waals surface area contributed by atoms with Gasteiger partial charge in [-0.05, 0) is 27.7 Å². The molecule has 3 aliphatic rings. The first-order valence-electron chi connectivity index (χ1n) is 6.28. The maximum absolute atomic E-state index is 11.3. The first kappa shape index (κ1) is 13.3. The van der Waals surface area contributed by atoms with E-state index in [2.05, 4.69) is 0 Å². The first-order chi connectivity index (χ1) is 8.69. The molecular weight excluding hydrogens is 256 g/mol. The smallest absolute Gasteiger partial charge is 0.335 e. The largest absolute Gasteiger partial charge is 0.479 e. The van der Waals surface area contributed by atoms with E-state index in [1.165, 1.54) is 0 Å². The predicted octanol–water partition coefficient (Wildman–Crippen LogP) is 0.467. The molecule has 3 rings (SSSR count). The molecule has 0 bridgehead atoms. The van der Waals surface area contributed by atoms with Crippen molar-refractivity contribution in [1.82, 2.24) is 0 Å². The van der Waals surface area contributed by atoms with E-state index in [1.54, 1.807) is 27.7 Å². The highest BCUT2D eigenvalue weighted by Crippen LogP contribution is 2.43. The summed E-state index contributed by atoms with van der Waals surface area (Å²) in [5.74, 6) is -2.79. The Hall–Kier alpha value is -0.730. The molecule has 0 aromatic carbocycles. The minimum Gasteiger partial charge on any atom is -0.479 e. The summed E-state index contributed by atoms with van der Waals surface area (Å²) in [4.78, 5) is 11.3. The number of hydrogen-bond acceptors (Lipinski definition) is 6. The zero-order valence-electron chi connectivity index (χ0n) is 11.3. The summed E-state index contributed by atoms with van der Waals surface area (Å²) in [5.41, 5.74) is 0. The van der Waals surface area contributed by atoms with E-state index < -0.39 is 48.2 Å². The number of fused-ring (bicyclic) bond motifs is 3. The van der Waals surface area contributed by atoms with Gasteiger partial charge < -0.3 is 28.8 Å². The van der Waals surface area contributed by atoms with Crippen LogP contribution in [0.4, 0.5) is 0 Å². The Morgan fingerprint density at radius 3 is 2.05 bits per heavy atom. The van der Waals surface area contributed by atoms with Crippen LogP contribution in [0.15, 0.2) is 0 Å². The van der Waals surface area contributed by atoms with E-state index in [4.69, 9.17) is 23.7 Å². The fourth-order valence-corrected chi connectivity index (χ4v) is 2.81. The molecule has 3 aliphatic heterocycles. The highest BCUT2D eigenvalue weighted by molar-refractivity contribution is 5.73. The third-order valence-electron chi connectivity index (χ3n) is 3.40. The minimum atomic E-state index is -1.12. The Morgan fingerprint density at radius 1 is 0.895 bits per heavy atom. The van der Waals surface area contributed by atoms with Crippen LogP contribution in [0.3, 0.4) is 0 Å². The lowest BCUT2D eigenvalue weighted by atomic mass is 9.99. The molecule has 0 radical (unpaired) electrons. The van der Waals surface area contributed by atoms with Crippen molar-refractivity contribution >= 4 is 5.97 Å². The van der Waals surface area contributed by atoms with Gasteiger partial charge in [0.1, 0.15) is 18.3 Å². The molecule has 7 nitrogen and oxygen atoms in total. The Bertz CT molecular complexity index is 405. The second-order valence-corrected chi connectivity index (χ2v) is 5.93. The molecule has 1 unspecified atom stereocenters. The SMILES string of the molecule is CC1(C)O[C@H]2OC(C(=O)O)[C@@H]3OC(C)(C)O[C@@H]3[C@H]2O1. The fraction of sp³-hybridized carbons (Fsp3) is 0.917. The van der Waals surface area contributed by atoms with Crippen molar-refractivity contribution in [2.75, 3.05) is 0 Å². The second kappa shape index (κ2) is 3.89. The number of hydrogen-bond donors (Lipinski definition) is 1. The normalized spacial score (nSPS) is 46.6. The van der Waals surface area contributed by atoms with Crippen LogP contribution in [0.5, 0.6) is 0 Å². The Kier molecular flexibility index (Phi) is 2.72. The van der Waals surface area contributed by atoms with Gasteiger partial charge >= 0.3 is 5.97 Å². The maximum Gasteiger partial charge on any atom is 0.335 e. The van der Waals surface area contributed by atoms with Crippen LogP contribution in [0.25, 0.3) is 0 Å². The van der Waals surface area contributed by atoms with E-state index >= 15 is 0 Å². The monoisotopic (exact) mass is 274 g/mol. The third kappa shape index (κ3) is 2.15. The zero-order valence-corrected chi connectivity index (χ0v) is 11.3. The van der Waals surface area contributed by atoms with E-state index in [-0.39, 0.29) is 0 Å². The van der Waals surface area contributed by atoms with Gasteiger partial charge in [0.05, 0.1) is 0 Å². The van der Waals surface area contributed by atoms with Gasteiger partial charge in [-0.25, -0.2) is 4.79 Å². The average molecular weight is 274 g/mol. The molecule has 5 atom stereocenters. The molecule has 0 saturated carbocycles. The van der Waals surface area contributed by atoms with Crippen LogP contribution in [-0.2, 0) is 28.5 Å². The van der Waals surface area contributed by atoms with Crippen molar-refractivity contribution in [2.45, 2.75) is 70.0 Å². The number of rotatable bonds is 1. The van der Waals surface area contributed by atoms with Crippen molar-refractivity contribution in [1.29, 1.82) is 0 Å². The molecule has 19 heavy (non-hydrogen) atoms. The minimum absolute atomic E-state index is 0.489. The zero-order chi connectivity index (χ0) is 14.0. The molecule has 3 saturated heterocycles. The van der Waals surface area contributed by atoms with Crippen LogP contribution >= 0.6 is 0 Å². The lowest BCUT2D eigenvalue weighted by Gasteiger charge is -2.35. The molecule has 0 spiro atoms. The summed E-state index contributed by atoms with van der Waals surface area (Å²) < 4.78 is 28.2. The number of carboxylic acids is 1. The molecule has 1 N–H and O–H groups in total. The lowest BCUT2D eigenvalue weighted by Crippen LogP contribution is -2.57. The summed E-state index contributed by atoms with van der Waals surface area (Å²) in [6.07, 6.45) is -3.58. The van der Waals surface area contributed by atoms with E-state index in [0.717, 1.165) is 0 Å². The van der Waals surface area contributed by atoms with Gasteiger partial charge in [0.2, 0.25) is 0 Å². The van der Waals surface area contributed by atoms with Crippen molar-refractivity contribution in [3.05, 3.63) is 0 Å². The van der Waals surface area contributed by atoms with Crippen molar-refractivity contribution in [3.63, 3.8) is 0 Å². The molecule has 0 aliphatic carbocycles. The summed E-state index contributed by atoms with van der Waals surface area (Å²) in [6.45, 7) is 6.97. The molecule has 3 fully saturated rings. The van der Waals surface area contributed by atoms with Crippen LogP contribution < -0.4 is 0 Å². The summed E-state index contributed by atoms with van der Waals surface area (Å²) in [6, 6.07) is 0.